The third kappa shape index (κ3) is 8.45. The molecular formula is C12H23N3O2. The first kappa shape index (κ1) is 15.6. The predicted molar refractivity (Wildman–Crippen MR) is 68.6 cm³/mol. The van der Waals surface area contributed by atoms with Crippen molar-refractivity contribution in [3.8, 4) is 0 Å². The minimum absolute atomic E-state index is 0.0718. The van der Waals surface area contributed by atoms with Gasteiger partial charge < -0.3 is 15.1 Å². The lowest BCUT2D eigenvalue weighted by atomic mass is 10.3. The van der Waals surface area contributed by atoms with Crippen LogP contribution in [-0.4, -0.2) is 61.9 Å². The molecule has 0 aliphatic carbocycles. The Morgan fingerprint density at radius 3 is 2.41 bits per heavy atom. The van der Waals surface area contributed by atoms with Crippen molar-refractivity contribution in [2.75, 3.05) is 40.3 Å². The maximum atomic E-state index is 11.5. The highest BCUT2D eigenvalue weighted by Crippen LogP contribution is 1.94. The second kappa shape index (κ2) is 8.75. The van der Waals surface area contributed by atoms with Gasteiger partial charge in [-0.1, -0.05) is 6.08 Å². The Hall–Kier alpha value is -1.36. The summed E-state index contributed by atoms with van der Waals surface area (Å²) in [6.07, 6.45) is 2.48. The highest BCUT2D eigenvalue weighted by Gasteiger charge is 2.12. The van der Waals surface area contributed by atoms with E-state index in [1.807, 2.05) is 14.1 Å². The van der Waals surface area contributed by atoms with Gasteiger partial charge in [0.2, 0.25) is 11.8 Å². The van der Waals surface area contributed by atoms with Crippen molar-refractivity contribution in [1.29, 1.82) is 0 Å². The number of nitrogens with zero attached hydrogens (tertiary/aromatic N) is 2. The third-order valence-electron chi connectivity index (χ3n) is 2.26. The predicted octanol–water partition coefficient (Wildman–Crippen LogP) is 0.0888. The second-order valence-electron chi connectivity index (χ2n) is 4.19. The van der Waals surface area contributed by atoms with Gasteiger partial charge in [0, 0.05) is 20.0 Å². The fourth-order valence-corrected chi connectivity index (χ4v) is 1.34. The summed E-state index contributed by atoms with van der Waals surface area (Å²) in [5.74, 6) is -0.220. The van der Waals surface area contributed by atoms with Crippen molar-refractivity contribution < 1.29 is 9.59 Å². The Labute approximate surface area is 103 Å². The van der Waals surface area contributed by atoms with Gasteiger partial charge in [0.05, 0.1) is 6.54 Å². The first-order valence-electron chi connectivity index (χ1n) is 5.75. The summed E-state index contributed by atoms with van der Waals surface area (Å²) in [6.45, 7) is 7.06. The molecule has 98 valence electrons. The fourth-order valence-electron chi connectivity index (χ4n) is 1.34. The van der Waals surface area contributed by atoms with Crippen LogP contribution in [0.15, 0.2) is 12.7 Å². The lowest BCUT2D eigenvalue weighted by Crippen LogP contribution is -2.40. The van der Waals surface area contributed by atoms with Crippen LogP contribution in [0, 0.1) is 0 Å². The first-order valence-corrected chi connectivity index (χ1v) is 5.75. The van der Waals surface area contributed by atoms with Crippen LogP contribution in [0.25, 0.3) is 0 Å². The summed E-state index contributed by atoms with van der Waals surface area (Å²) in [5.41, 5.74) is 0. The van der Waals surface area contributed by atoms with E-state index in [4.69, 9.17) is 0 Å². The van der Waals surface area contributed by atoms with Gasteiger partial charge in [0.15, 0.2) is 0 Å². The average molecular weight is 241 g/mol. The number of amides is 2. The zero-order valence-corrected chi connectivity index (χ0v) is 11.0. The van der Waals surface area contributed by atoms with Gasteiger partial charge in [-0.15, -0.1) is 6.58 Å². The van der Waals surface area contributed by atoms with Crippen molar-refractivity contribution in [3.05, 3.63) is 12.7 Å². The van der Waals surface area contributed by atoms with Crippen LogP contribution in [0.4, 0.5) is 0 Å². The molecule has 0 aromatic carbocycles. The molecule has 0 spiro atoms. The molecule has 2 amide bonds. The molecule has 0 radical (unpaired) electrons. The van der Waals surface area contributed by atoms with Gasteiger partial charge >= 0.3 is 0 Å². The number of nitrogens with one attached hydrogen (secondary N) is 1. The first-order chi connectivity index (χ1) is 7.97. The zero-order valence-electron chi connectivity index (χ0n) is 11.0. The lowest BCUT2D eigenvalue weighted by molar-refractivity contribution is -0.134. The molecule has 5 nitrogen and oxygen atoms in total. The minimum Gasteiger partial charge on any atom is -0.351 e. The Balaban J connectivity index is 4.01. The topological polar surface area (TPSA) is 52.7 Å². The molecule has 17 heavy (non-hydrogen) atoms. The van der Waals surface area contributed by atoms with Crippen LogP contribution in [-0.2, 0) is 9.59 Å². The van der Waals surface area contributed by atoms with E-state index in [1.54, 1.807) is 11.0 Å². The van der Waals surface area contributed by atoms with Crippen LogP contribution in [0.2, 0.25) is 0 Å². The highest BCUT2D eigenvalue weighted by atomic mass is 16.2. The molecule has 0 aliphatic rings. The summed E-state index contributed by atoms with van der Waals surface area (Å²) in [7, 11) is 3.96. The molecule has 0 unspecified atom stereocenters. The molecule has 0 aromatic rings. The second-order valence-corrected chi connectivity index (χ2v) is 4.19. The fraction of sp³-hybridized carbons (Fsp3) is 0.667. The van der Waals surface area contributed by atoms with Crippen LogP contribution in [0.3, 0.4) is 0 Å². The average Bonchev–Trinajstić information content (AvgIpc) is 2.24. The van der Waals surface area contributed by atoms with Crippen LogP contribution >= 0.6 is 0 Å². The zero-order chi connectivity index (χ0) is 13.3. The third-order valence-corrected chi connectivity index (χ3v) is 2.26. The molecule has 5 heteroatoms. The number of rotatable bonds is 8. The summed E-state index contributed by atoms with van der Waals surface area (Å²) in [4.78, 5) is 26.4. The van der Waals surface area contributed by atoms with Crippen molar-refractivity contribution in [1.82, 2.24) is 15.1 Å². The molecule has 0 fully saturated rings. The van der Waals surface area contributed by atoms with E-state index in [9.17, 15) is 9.59 Å². The van der Waals surface area contributed by atoms with Gasteiger partial charge in [-0.2, -0.15) is 0 Å². The highest BCUT2D eigenvalue weighted by molar-refractivity contribution is 5.83. The summed E-state index contributed by atoms with van der Waals surface area (Å²) in [6, 6.07) is 0. The van der Waals surface area contributed by atoms with E-state index in [2.05, 4.69) is 16.8 Å². The quantitative estimate of drug-likeness (QED) is 0.613. The number of carbonyl (C=O) groups is 2. The number of carbonyl (C=O) groups excluding carboxylic acids is 2. The molecule has 0 saturated carbocycles. The maximum Gasteiger partial charge on any atom is 0.239 e. The van der Waals surface area contributed by atoms with Gasteiger partial charge in [-0.05, 0) is 27.1 Å². The molecule has 0 rings (SSSR count). The normalized spacial score (nSPS) is 10.1. The van der Waals surface area contributed by atoms with Crippen LogP contribution in [0.5, 0.6) is 0 Å². The Morgan fingerprint density at radius 2 is 1.94 bits per heavy atom. The van der Waals surface area contributed by atoms with E-state index in [1.165, 1.54) is 6.92 Å². The summed E-state index contributed by atoms with van der Waals surface area (Å²) >= 11 is 0. The van der Waals surface area contributed by atoms with Crippen molar-refractivity contribution >= 4 is 11.8 Å². The summed E-state index contributed by atoms with van der Waals surface area (Å²) in [5, 5.41) is 2.66. The van der Waals surface area contributed by atoms with Gasteiger partial charge in [0.25, 0.3) is 0 Å². The molecule has 1 N–H and O–H groups in total. The standard InChI is InChI=1S/C12H23N3O2/c1-5-7-13-12(17)10-15(11(2)16)9-6-8-14(3)4/h5H,1,6-10H2,2-4H3,(H,13,17). The Morgan fingerprint density at radius 1 is 1.29 bits per heavy atom. The largest absolute Gasteiger partial charge is 0.351 e. The van der Waals surface area contributed by atoms with Crippen molar-refractivity contribution in [2.24, 2.45) is 0 Å². The maximum absolute atomic E-state index is 11.5. The molecule has 0 aromatic heterocycles. The van der Waals surface area contributed by atoms with Crippen molar-refractivity contribution in [3.63, 3.8) is 0 Å². The Bertz CT molecular complexity index is 264. The van der Waals surface area contributed by atoms with E-state index in [0.717, 1.165) is 13.0 Å². The molecular weight excluding hydrogens is 218 g/mol. The smallest absolute Gasteiger partial charge is 0.239 e. The lowest BCUT2D eigenvalue weighted by Gasteiger charge is -2.21. The number of hydrogen-bond donors (Lipinski definition) is 1. The molecule has 0 atom stereocenters. The van der Waals surface area contributed by atoms with E-state index in [0.29, 0.717) is 13.1 Å². The molecule has 0 aliphatic heterocycles. The minimum atomic E-state index is -0.148. The SMILES string of the molecule is C=CCNC(=O)CN(CCCN(C)C)C(C)=O. The monoisotopic (exact) mass is 241 g/mol. The van der Waals surface area contributed by atoms with Crippen molar-refractivity contribution in [2.45, 2.75) is 13.3 Å². The molecule has 0 bridgehead atoms. The van der Waals surface area contributed by atoms with E-state index in [-0.39, 0.29) is 18.4 Å². The molecule has 0 heterocycles. The van der Waals surface area contributed by atoms with Gasteiger partial charge in [-0.3, -0.25) is 9.59 Å². The van der Waals surface area contributed by atoms with E-state index >= 15 is 0 Å². The number of hydrogen-bond acceptors (Lipinski definition) is 3. The van der Waals surface area contributed by atoms with E-state index < -0.39 is 0 Å². The summed E-state index contributed by atoms with van der Waals surface area (Å²) < 4.78 is 0. The van der Waals surface area contributed by atoms with Gasteiger partial charge in [0.1, 0.15) is 0 Å². The van der Waals surface area contributed by atoms with Crippen LogP contribution < -0.4 is 5.32 Å². The van der Waals surface area contributed by atoms with Gasteiger partial charge in [-0.25, -0.2) is 0 Å². The van der Waals surface area contributed by atoms with Crippen LogP contribution in [0.1, 0.15) is 13.3 Å². The molecule has 0 saturated heterocycles. The Kier molecular flexibility index (Phi) is 8.05.